The van der Waals surface area contributed by atoms with Crippen LogP contribution >= 0.6 is 11.6 Å². The van der Waals surface area contributed by atoms with Crippen molar-refractivity contribution in [2.45, 2.75) is 77.9 Å². The Kier molecular flexibility index (Phi) is 9.12. The summed E-state index contributed by atoms with van der Waals surface area (Å²) >= 11 is 6.59. The fourth-order valence-corrected chi connectivity index (χ4v) is 6.82. The predicted molar refractivity (Wildman–Crippen MR) is 182 cm³/mol. The van der Waals surface area contributed by atoms with Crippen LogP contribution in [0.25, 0.3) is 16.8 Å². The first-order valence-electron chi connectivity index (χ1n) is 16.3. The van der Waals surface area contributed by atoms with Crippen LogP contribution in [0.2, 0.25) is 5.02 Å². The van der Waals surface area contributed by atoms with Crippen molar-refractivity contribution in [3.63, 3.8) is 0 Å². The molecular weight excluding hydrogens is 652 g/mol. The van der Waals surface area contributed by atoms with E-state index in [1.54, 1.807) is 65.6 Å². The SMILES string of the molecule is CCC1(CC(=O)OC[C@H](c2ccc(Cl)c(-n3cccn3)c2)N2C(=O)[C@@](CC(C)(C)C)(c3ccc(-c4cnn(C(F)F)c4)cc3)N=C2N)CC1. The molecule has 258 valence electrons. The summed E-state index contributed by atoms with van der Waals surface area (Å²) < 4.78 is 34.5. The van der Waals surface area contributed by atoms with Gasteiger partial charge in [0.1, 0.15) is 6.61 Å². The molecule has 49 heavy (non-hydrogen) atoms. The first-order valence-corrected chi connectivity index (χ1v) is 16.7. The molecule has 2 atom stereocenters. The maximum absolute atomic E-state index is 14.9. The first kappa shape index (κ1) is 34.3. The molecule has 2 N–H and O–H groups in total. The quantitative estimate of drug-likeness (QED) is 0.154. The molecule has 2 aromatic carbocycles. The number of nitrogens with two attached hydrogens (primary N) is 1. The fourth-order valence-electron chi connectivity index (χ4n) is 6.61. The Morgan fingerprint density at radius 2 is 1.84 bits per heavy atom. The van der Waals surface area contributed by atoms with Gasteiger partial charge in [-0.2, -0.15) is 19.0 Å². The van der Waals surface area contributed by atoms with Crippen LogP contribution in [0.15, 0.2) is 78.3 Å². The Balaban J connectivity index is 1.38. The molecule has 6 rings (SSSR count). The number of halogens is 3. The summed E-state index contributed by atoms with van der Waals surface area (Å²) in [6, 6.07) is 13.3. The number of nitrogens with zero attached hydrogens (tertiary/aromatic N) is 6. The zero-order chi connectivity index (χ0) is 35.1. The molecule has 2 aliphatic rings. The monoisotopic (exact) mass is 691 g/mol. The summed E-state index contributed by atoms with van der Waals surface area (Å²) in [5.41, 5.74) is 7.84. The highest BCUT2D eigenvalue weighted by molar-refractivity contribution is 6.32. The van der Waals surface area contributed by atoms with Gasteiger partial charge in [-0.05, 0) is 71.4 Å². The molecule has 1 aliphatic heterocycles. The van der Waals surface area contributed by atoms with Crippen molar-refractivity contribution in [2.75, 3.05) is 6.61 Å². The van der Waals surface area contributed by atoms with E-state index in [1.165, 1.54) is 17.3 Å². The molecule has 1 saturated carbocycles. The van der Waals surface area contributed by atoms with Gasteiger partial charge in [0.2, 0.25) is 0 Å². The van der Waals surface area contributed by atoms with E-state index in [-0.39, 0.29) is 35.3 Å². The standard InChI is InChI=1S/C36H40ClF2N7O3/c1-5-35(13-14-35)18-30(47)49-21-29(24-9-12-27(37)28(17-24)44-16-6-15-41-44)46-31(48)36(43-33(46)40,22-34(2,3)4)26-10-7-23(8-11-26)25-19-42-45(20-25)32(38)39/h6-12,15-17,19-20,29,32H,5,13-14,18,21-22H2,1-4H3,(H2,40,43)/t29-,36-/m1/s1. The Hall–Kier alpha value is -4.58. The predicted octanol–water partition coefficient (Wildman–Crippen LogP) is 7.44. The maximum atomic E-state index is 14.9. The van der Waals surface area contributed by atoms with Crippen LogP contribution < -0.4 is 5.73 Å². The van der Waals surface area contributed by atoms with Crippen LogP contribution in [-0.4, -0.2) is 48.9 Å². The Labute approximate surface area is 288 Å². The van der Waals surface area contributed by atoms with Crippen molar-refractivity contribution >= 4 is 29.4 Å². The van der Waals surface area contributed by atoms with Crippen molar-refractivity contribution in [1.29, 1.82) is 0 Å². The molecule has 1 aliphatic carbocycles. The largest absolute Gasteiger partial charge is 0.463 e. The number of benzene rings is 2. The number of carbonyl (C=O) groups is 2. The molecule has 1 fully saturated rings. The highest BCUT2D eigenvalue weighted by Crippen LogP contribution is 2.52. The summed E-state index contributed by atoms with van der Waals surface area (Å²) in [6.07, 6.45) is 9.51. The molecule has 10 nitrogen and oxygen atoms in total. The smallest absolute Gasteiger partial charge is 0.333 e. The molecule has 0 radical (unpaired) electrons. The number of aromatic nitrogens is 4. The van der Waals surface area contributed by atoms with Gasteiger partial charge < -0.3 is 10.5 Å². The van der Waals surface area contributed by atoms with Gasteiger partial charge in [-0.25, -0.2) is 14.4 Å². The van der Waals surface area contributed by atoms with Crippen molar-refractivity contribution in [2.24, 2.45) is 21.6 Å². The van der Waals surface area contributed by atoms with Crippen molar-refractivity contribution < 1.29 is 23.1 Å². The maximum Gasteiger partial charge on any atom is 0.333 e. The van der Waals surface area contributed by atoms with Gasteiger partial charge >= 0.3 is 12.5 Å². The van der Waals surface area contributed by atoms with Gasteiger partial charge in [-0.1, -0.05) is 69.6 Å². The minimum Gasteiger partial charge on any atom is -0.463 e. The van der Waals surface area contributed by atoms with E-state index in [0.29, 0.717) is 50.5 Å². The molecular formula is C36H40ClF2N7O3. The van der Waals surface area contributed by atoms with Crippen molar-refractivity contribution in [3.05, 3.63) is 89.5 Å². The minimum absolute atomic E-state index is 0.0135. The van der Waals surface area contributed by atoms with Crippen LogP contribution in [0, 0.1) is 10.8 Å². The van der Waals surface area contributed by atoms with Gasteiger partial charge in [0.25, 0.3) is 5.91 Å². The number of alkyl halides is 2. The van der Waals surface area contributed by atoms with E-state index in [0.717, 1.165) is 19.3 Å². The lowest BCUT2D eigenvalue weighted by Gasteiger charge is -2.35. The Morgan fingerprint density at radius 1 is 1.10 bits per heavy atom. The second-order valence-corrected chi connectivity index (χ2v) is 14.6. The fraction of sp³-hybridized carbons (Fsp3) is 0.417. The number of ether oxygens (including phenoxy) is 1. The molecule has 2 aromatic heterocycles. The molecule has 0 spiro atoms. The average Bonchev–Trinajstić information content (AvgIpc) is 3.39. The second kappa shape index (κ2) is 13.0. The number of guanidine groups is 1. The van der Waals surface area contributed by atoms with Gasteiger partial charge in [0.15, 0.2) is 11.5 Å². The minimum atomic E-state index is -2.76. The highest BCUT2D eigenvalue weighted by atomic mass is 35.5. The van der Waals surface area contributed by atoms with Crippen molar-refractivity contribution in [3.8, 4) is 16.8 Å². The molecule has 0 unspecified atom stereocenters. The summed E-state index contributed by atoms with van der Waals surface area (Å²) in [5.74, 6) is -0.720. The molecule has 0 saturated heterocycles. The van der Waals surface area contributed by atoms with Crippen LogP contribution in [-0.2, 0) is 19.9 Å². The number of amides is 1. The van der Waals surface area contributed by atoms with Gasteiger partial charge in [0.05, 0.1) is 29.4 Å². The lowest BCUT2D eigenvalue weighted by atomic mass is 9.75. The molecule has 1 amide bonds. The summed E-state index contributed by atoms with van der Waals surface area (Å²) in [7, 11) is 0. The topological polar surface area (TPSA) is 121 Å². The number of esters is 1. The molecule has 4 aromatic rings. The zero-order valence-electron chi connectivity index (χ0n) is 27.9. The number of carbonyl (C=O) groups excluding carboxylic acids is 2. The summed E-state index contributed by atoms with van der Waals surface area (Å²) in [5, 5.41) is 8.50. The van der Waals surface area contributed by atoms with E-state index in [9.17, 15) is 18.4 Å². The molecule has 3 heterocycles. The lowest BCUT2D eigenvalue weighted by Crippen LogP contribution is -2.47. The first-order chi connectivity index (χ1) is 23.2. The van der Waals surface area contributed by atoms with Crippen LogP contribution in [0.3, 0.4) is 0 Å². The van der Waals surface area contributed by atoms with E-state index in [2.05, 4.69) is 17.1 Å². The molecule has 13 heteroatoms. The van der Waals surface area contributed by atoms with E-state index in [1.807, 2.05) is 20.8 Å². The van der Waals surface area contributed by atoms with E-state index in [4.69, 9.17) is 27.1 Å². The average molecular weight is 692 g/mol. The van der Waals surface area contributed by atoms with Crippen molar-refractivity contribution in [1.82, 2.24) is 24.5 Å². The van der Waals surface area contributed by atoms with Gasteiger partial charge in [-0.3, -0.25) is 14.5 Å². The van der Waals surface area contributed by atoms with Crippen LogP contribution in [0.4, 0.5) is 8.78 Å². The summed E-state index contributed by atoms with van der Waals surface area (Å²) in [4.78, 5) is 34.4. The Morgan fingerprint density at radius 3 is 2.43 bits per heavy atom. The highest BCUT2D eigenvalue weighted by Gasteiger charge is 2.53. The number of rotatable bonds is 12. The third-order valence-electron chi connectivity index (χ3n) is 9.45. The van der Waals surface area contributed by atoms with E-state index < -0.39 is 18.1 Å². The third kappa shape index (κ3) is 6.96. The lowest BCUT2D eigenvalue weighted by molar-refractivity contribution is -0.149. The third-order valence-corrected chi connectivity index (χ3v) is 9.77. The van der Waals surface area contributed by atoms with E-state index >= 15 is 0 Å². The second-order valence-electron chi connectivity index (χ2n) is 14.2. The van der Waals surface area contributed by atoms with Gasteiger partial charge in [-0.15, -0.1) is 0 Å². The Bertz CT molecular complexity index is 1860. The number of hydrogen-bond acceptors (Lipinski definition) is 7. The van der Waals surface area contributed by atoms with Crippen LogP contribution in [0.5, 0.6) is 0 Å². The summed E-state index contributed by atoms with van der Waals surface area (Å²) in [6.45, 7) is 5.21. The van der Waals surface area contributed by atoms with Gasteiger partial charge in [0, 0.05) is 24.2 Å². The number of hydrogen-bond donors (Lipinski definition) is 1. The van der Waals surface area contributed by atoms with Crippen LogP contribution in [0.1, 0.15) is 83.5 Å². The zero-order valence-corrected chi connectivity index (χ0v) is 28.7. The molecule has 0 bridgehead atoms. The normalized spacial score (nSPS) is 19.3. The number of aliphatic imine (C=N–C) groups is 1.